The molecule has 0 aromatic rings. The Balaban J connectivity index is 5.27. The number of hydrogen-bond donors (Lipinski definition) is 3. The molecule has 0 aliphatic heterocycles. The summed E-state index contributed by atoms with van der Waals surface area (Å²) >= 11 is 0. The summed E-state index contributed by atoms with van der Waals surface area (Å²) < 4.78 is 67.9. The van der Waals surface area contributed by atoms with Gasteiger partial charge in [0.25, 0.3) is 0 Å². The Morgan fingerprint density at radius 2 is 0.643 bits per heavy atom. The molecule has 0 rings (SSSR count). The quantitative estimate of drug-likeness (QED) is 0.0169. The normalized spacial score (nSPS) is 14.5. The molecule has 0 bridgehead atoms. The van der Waals surface area contributed by atoms with Crippen molar-refractivity contribution in [2.75, 3.05) is 39.6 Å². The highest BCUT2D eigenvalue weighted by Crippen LogP contribution is 2.45. The summed E-state index contributed by atoms with van der Waals surface area (Å²) in [5, 5.41) is 10.5. The molecule has 0 radical (unpaired) electrons. The Kier molecular flexibility index (Phi) is 54.2. The van der Waals surface area contributed by atoms with Gasteiger partial charge in [-0.15, -0.1) is 0 Å². The topological polar surface area (TPSA) is 237 Å². The van der Waals surface area contributed by atoms with Crippen LogP contribution in [0.15, 0.2) is 24.3 Å². The SMILES string of the molecule is CCCCCC/C=C\C=C/CCCCCCCC(=O)O[C@H](COC(=O)CCCCCCCCC(C)C)COP(=O)(O)OC[C@H](O)COP(=O)(O)OC[C@@H](COC(=O)CCCCCCCCC(C)C)OC(=O)CCCCCCCCCCC(C)C. The maximum atomic E-state index is 13.0. The minimum absolute atomic E-state index is 0.0832. The Bertz CT molecular complexity index is 1760. The Labute approximate surface area is 510 Å². The third kappa shape index (κ3) is 58.6. The maximum absolute atomic E-state index is 13.0. The molecule has 0 amide bonds. The zero-order valence-corrected chi connectivity index (χ0v) is 55.6. The van der Waals surface area contributed by atoms with Gasteiger partial charge >= 0.3 is 39.5 Å². The summed E-state index contributed by atoms with van der Waals surface area (Å²) in [5.74, 6) is -0.100. The molecule has 17 nitrogen and oxygen atoms in total. The molecule has 0 saturated heterocycles. The van der Waals surface area contributed by atoms with Gasteiger partial charge < -0.3 is 33.8 Å². The molecule has 0 aromatic carbocycles. The maximum Gasteiger partial charge on any atom is 0.472 e. The van der Waals surface area contributed by atoms with Crippen LogP contribution in [-0.4, -0.2) is 96.7 Å². The van der Waals surface area contributed by atoms with Crippen molar-refractivity contribution in [2.24, 2.45) is 17.8 Å². The van der Waals surface area contributed by atoms with Gasteiger partial charge in [-0.1, -0.05) is 240 Å². The predicted octanol–water partition coefficient (Wildman–Crippen LogP) is 17.4. The van der Waals surface area contributed by atoms with Gasteiger partial charge in [0.2, 0.25) is 0 Å². The number of unbranched alkanes of at least 4 members (excludes halogenated alkanes) is 26. The van der Waals surface area contributed by atoms with Gasteiger partial charge in [0.15, 0.2) is 12.2 Å². The lowest BCUT2D eigenvalue weighted by Gasteiger charge is -2.21. The largest absolute Gasteiger partial charge is 0.472 e. The van der Waals surface area contributed by atoms with Crippen molar-refractivity contribution in [2.45, 2.75) is 311 Å². The van der Waals surface area contributed by atoms with Crippen LogP contribution in [0.25, 0.3) is 0 Å². The number of allylic oxidation sites excluding steroid dienone is 4. The number of aliphatic hydroxyl groups excluding tert-OH is 1. The molecule has 3 N–H and O–H groups in total. The molecule has 0 fully saturated rings. The van der Waals surface area contributed by atoms with E-state index in [2.05, 4.69) is 72.8 Å². The lowest BCUT2D eigenvalue weighted by atomic mass is 10.0. The zero-order valence-electron chi connectivity index (χ0n) is 53.8. The zero-order chi connectivity index (χ0) is 62.4. The molecule has 2 unspecified atom stereocenters. The van der Waals surface area contributed by atoms with E-state index in [0.29, 0.717) is 37.5 Å². The summed E-state index contributed by atoms with van der Waals surface area (Å²) in [7, 11) is -9.90. The predicted molar refractivity (Wildman–Crippen MR) is 335 cm³/mol. The summed E-state index contributed by atoms with van der Waals surface area (Å²) in [6.45, 7) is 11.5. The minimum Gasteiger partial charge on any atom is -0.462 e. The van der Waals surface area contributed by atoms with Crippen LogP contribution >= 0.6 is 15.6 Å². The number of rotatable bonds is 61. The van der Waals surface area contributed by atoms with Crippen molar-refractivity contribution in [1.29, 1.82) is 0 Å². The Morgan fingerprint density at radius 1 is 0.369 bits per heavy atom. The number of carbonyl (C=O) groups excluding carboxylic acids is 4. The van der Waals surface area contributed by atoms with Crippen molar-refractivity contribution in [3.8, 4) is 0 Å². The number of hydrogen-bond acceptors (Lipinski definition) is 15. The van der Waals surface area contributed by atoms with E-state index in [1.54, 1.807) is 0 Å². The van der Waals surface area contributed by atoms with Crippen LogP contribution in [-0.2, 0) is 65.4 Å². The lowest BCUT2D eigenvalue weighted by molar-refractivity contribution is -0.161. The monoisotopic (exact) mass is 1240 g/mol. The highest BCUT2D eigenvalue weighted by Gasteiger charge is 2.30. The fourth-order valence-corrected chi connectivity index (χ4v) is 10.7. The van der Waals surface area contributed by atoms with Gasteiger partial charge in [-0.25, -0.2) is 9.13 Å². The first-order valence-corrected chi connectivity index (χ1v) is 36.2. The molecule has 494 valence electrons. The molecule has 0 aromatic heterocycles. The third-order valence-electron chi connectivity index (χ3n) is 14.3. The number of esters is 4. The summed E-state index contributed by atoms with van der Waals surface area (Å²) in [6.07, 6.45) is 40.2. The molecule has 5 atom stereocenters. The highest BCUT2D eigenvalue weighted by molar-refractivity contribution is 7.47. The first-order chi connectivity index (χ1) is 40.2. The molecule has 84 heavy (non-hydrogen) atoms. The summed E-state index contributed by atoms with van der Waals surface area (Å²) in [4.78, 5) is 72.2. The molecular weight excluding hydrogens is 1110 g/mol. The van der Waals surface area contributed by atoms with Crippen LogP contribution in [0.3, 0.4) is 0 Å². The van der Waals surface area contributed by atoms with E-state index >= 15 is 0 Å². The minimum atomic E-state index is -4.95. The van der Waals surface area contributed by atoms with E-state index in [9.17, 15) is 43.2 Å². The number of aliphatic hydroxyl groups is 1. The smallest absolute Gasteiger partial charge is 0.462 e. The van der Waals surface area contributed by atoms with Gasteiger partial charge in [-0.3, -0.25) is 37.3 Å². The Morgan fingerprint density at radius 3 is 0.964 bits per heavy atom. The second kappa shape index (κ2) is 55.8. The molecule has 0 saturated carbocycles. The van der Waals surface area contributed by atoms with Crippen molar-refractivity contribution >= 4 is 39.5 Å². The van der Waals surface area contributed by atoms with Crippen LogP contribution < -0.4 is 0 Å². The van der Waals surface area contributed by atoms with Gasteiger partial charge in [0.05, 0.1) is 26.4 Å². The van der Waals surface area contributed by atoms with Crippen LogP contribution in [0.5, 0.6) is 0 Å². The fraction of sp³-hybridized carbons (Fsp3) is 0.877. The number of ether oxygens (including phenoxy) is 4. The van der Waals surface area contributed by atoms with Crippen LogP contribution in [0, 0.1) is 17.8 Å². The van der Waals surface area contributed by atoms with Gasteiger partial charge in [-0.05, 0) is 69.1 Å². The van der Waals surface area contributed by atoms with Crippen LogP contribution in [0.1, 0.15) is 292 Å². The average molecular weight is 1240 g/mol. The van der Waals surface area contributed by atoms with Crippen molar-refractivity contribution < 1.29 is 80.2 Å². The van der Waals surface area contributed by atoms with Gasteiger partial charge in [0.1, 0.15) is 19.3 Å². The number of phosphoric acid groups is 2. The molecule has 0 spiro atoms. The third-order valence-corrected chi connectivity index (χ3v) is 16.2. The van der Waals surface area contributed by atoms with E-state index in [1.807, 2.05) is 0 Å². The standard InChI is InChI=1S/C65H122O17P2/c1-8-9-10-11-12-13-14-15-16-17-18-19-23-34-41-48-64(69)81-60(52-75-62(67)46-39-32-27-25-30-37-44-57(4)5)54-79-83(71,72)77-50-59(66)51-78-84(73,74)80-55-61(53-76-63(68)47-40-33-28-26-31-38-45-58(6)7)82-65(70)49-42-35-24-21-20-22-29-36-43-56(2)3/h13-16,56-61,66H,8-12,17-55H2,1-7H3,(H,71,72)(H,73,74)/b14-13-,16-15-/t59-,60+,61+/m0/s1. The number of phosphoric ester groups is 2. The first-order valence-electron chi connectivity index (χ1n) is 33.2. The van der Waals surface area contributed by atoms with Crippen molar-refractivity contribution in [1.82, 2.24) is 0 Å². The average Bonchev–Trinajstić information content (AvgIpc) is 3.53. The van der Waals surface area contributed by atoms with Gasteiger partial charge in [-0.2, -0.15) is 0 Å². The van der Waals surface area contributed by atoms with Crippen molar-refractivity contribution in [3.05, 3.63) is 24.3 Å². The summed E-state index contributed by atoms with van der Waals surface area (Å²) in [6, 6.07) is 0. The van der Waals surface area contributed by atoms with E-state index in [4.69, 9.17) is 37.0 Å². The van der Waals surface area contributed by atoms with Gasteiger partial charge in [0, 0.05) is 25.7 Å². The van der Waals surface area contributed by atoms with E-state index in [0.717, 1.165) is 121 Å². The second-order valence-corrected chi connectivity index (χ2v) is 27.2. The fourth-order valence-electron chi connectivity index (χ4n) is 9.12. The molecule has 0 aliphatic rings. The van der Waals surface area contributed by atoms with E-state index in [1.165, 1.54) is 77.0 Å². The van der Waals surface area contributed by atoms with Crippen LogP contribution in [0.4, 0.5) is 0 Å². The highest BCUT2D eigenvalue weighted by atomic mass is 31.2. The first kappa shape index (κ1) is 81.5. The summed E-state index contributed by atoms with van der Waals surface area (Å²) in [5.41, 5.74) is 0. The molecule has 0 aliphatic carbocycles. The van der Waals surface area contributed by atoms with Crippen molar-refractivity contribution in [3.63, 3.8) is 0 Å². The Hall–Kier alpha value is -2.46. The second-order valence-electron chi connectivity index (χ2n) is 24.2. The number of carbonyl (C=O) groups is 4. The molecular formula is C65H122O17P2. The van der Waals surface area contributed by atoms with Crippen LogP contribution in [0.2, 0.25) is 0 Å². The van der Waals surface area contributed by atoms with E-state index in [-0.39, 0.29) is 25.7 Å². The molecule has 0 heterocycles. The lowest BCUT2D eigenvalue weighted by Crippen LogP contribution is -2.30. The molecule has 19 heteroatoms. The van der Waals surface area contributed by atoms with E-state index < -0.39 is 97.5 Å².